The molecule has 2 aliphatic heterocycles. The summed E-state index contributed by atoms with van der Waals surface area (Å²) in [5.74, 6) is 0.288. The predicted octanol–water partition coefficient (Wildman–Crippen LogP) is 6.11. The highest BCUT2D eigenvalue weighted by Gasteiger charge is 2.34. The smallest absolute Gasteiger partial charge is 0.343 e. The zero-order chi connectivity index (χ0) is 26.3. The molecular formula is C31H37N2O4. The largest absolute Gasteiger partial charge is 0.462 e. The van der Waals surface area contributed by atoms with Gasteiger partial charge in [0.2, 0.25) is 0 Å². The van der Waals surface area contributed by atoms with E-state index in [1.807, 2.05) is 0 Å². The van der Waals surface area contributed by atoms with E-state index >= 15 is 0 Å². The lowest BCUT2D eigenvalue weighted by Gasteiger charge is -2.39. The Kier molecular flexibility index (Phi) is 6.88. The molecule has 1 aliphatic carbocycles. The molecule has 0 bridgehead atoms. The Bertz CT molecular complexity index is 1410. The molecule has 1 radical (unpaired) electrons. The fourth-order valence-corrected chi connectivity index (χ4v) is 5.52. The number of aryl methyl sites for hydroxylation is 1. The molecule has 1 unspecified atom stereocenters. The van der Waals surface area contributed by atoms with Crippen molar-refractivity contribution in [3.8, 4) is 11.4 Å². The maximum Gasteiger partial charge on any atom is 0.343 e. The highest BCUT2D eigenvalue weighted by molar-refractivity contribution is 5.91. The van der Waals surface area contributed by atoms with Crippen molar-refractivity contribution >= 4 is 16.9 Å². The molecule has 0 spiro atoms. The van der Waals surface area contributed by atoms with Gasteiger partial charge in [-0.25, -0.2) is 4.79 Å². The Hall–Kier alpha value is -3.12. The van der Waals surface area contributed by atoms with Crippen LogP contribution in [0.25, 0.3) is 22.3 Å². The van der Waals surface area contributed by atoms with Crippen LogP contribution >= 0.6 is 0 Å². The van der Waals surface area contributed by atoms with Crippen LogP contribution in [0.4, 0.5) is 0 Å². The van der Waals surface area contributed by atoms with Crippen LogP contribution in [-0.4, -0.2) is 34.9 Å². The number of carbonyl (C=O) groups excluding carboxylic acids is 1. The van der Waals surface area contributed by atoms with Crippen molar-refractivity contribution in [3.05, 3.63) is 75.9 Å². The van der Waals surface area contributed by atoms with E-state index in [2.05, 4.69) is 73.6 Å². The topological polar surface area (TPSA) is 62.5 Å². The molecule has 3 aliphatic rings. The van der Waals surface area contributed by atoms with Gasteiger partial charge in [-0.1, -0.05) is 44.6 Å². The Labute approximate surface area is 218 Å². The third-order valence-electron chi connectivity index (χ3n) is 7.74. The number of ether oxygens (including phenoxy) is 2. The second kappa shape index (κ2) is 9.97. The van der Waals surface area contributed by atoms with Crippen molar-refractivity contribution in [2.24, 2.45) is 11.3 Å². The SMILES string of the molecule is CCOC(=O)c1cn2c(cc1=O)-c1cc3c(C)cccc3n1CC2C(C)(C)C.[CH]1C=C1C1CCOCC1. The second-order valence-electron chi connectivity index (χ2n) is 11.3. The van der Waals surface area contributed by atoms with Gasteiger partial charge in [-0.3, -0.25) is 4.79 Å². The molecule has 6 nitrogen and oxygen atoms in total. The maximum atomic E-state index is 12.7. The van der Waals surface area contributed by atoms with Gasteiger partial charge in [0, 0.05) is 49.3 Å². The molecule has 1 atom stereocenters. The summed E-state index contributed by atoms with van der Waals surface area (Å²) in [5, 5.41) is 1.19. The normalized spacial score (nSPS) is 18.8. The minimum atomic E-state index is -0.558. The number of hydrogen-bond donors (Lipinski definition) is 0. The van der Waals surface area contributed by atoms with E-state index < -0.39 is 5.97 Å². The Balaban J connectivity index is 0.000000260. The summed E-state index contributed by atoms with van der Waals surface area (Å²) in [6, 6.07) is 10.1. The van der Waals surface area contributed by atoms with Crippen molar-refractivity contribution in [2.45, 2.75) is 60.0 Å². The molecule has 2 aromatic heterocycles. The number of rotatable bonds is 3. The molecule has 1 fully saturated rings. The van der Waals surface area contributed by atoms with E-state index in [4.69, 9.17) is 9.47 Å². The molecule has 6 rings (SSSR count). The molecule has 4 heterocycles. The van der Waals surface area contributed by atoms with Crippen LogP contribution in [-0.2, 0) is 16.0 Å². The van der Waals surface area contributed by atoms with Gasteiger partial charge < -0.3 is 18.6 Å². The fourth-order valence-electron chi connectivity index (χ4n) is 5.52. The van der Waals surface area contributed by atoms with Crippen LogP contribution in [0.15, 0.2) is 53.0 Å². The number of nitrogens with zero attached hydrogens (tertiary/aromatic N) is 2. The van der Waals surface area contributed by atoms with Crippen molar-refractivity contribution < 1.29 is 14.3 Å². The van der Waals surface area contributed by atoms with Gasteiger partial charge in [-0.15, -0.1) is 0 Å². The average Bonchev–Trinajstić information content (AvgIpc) is 3.65. The van der Waals surface area contributed by atoms with Crippen molar-refractivity contribution in [1.29, 1.82) is 0 Å². The summed E-state index contributed by atoms with van der Waals surface area (Å²) in [6.45, 7) is 13.4. The second-order valence-corrected chi connectivity index (χ2v) is 11.3. The first kappa shape index (κ1) is 25.5. The molecule has 1 saturated heterocycles. The van der Waals surface area contributed by atoms with Crippen molar-refractivity contribution in [2.75, 3.05) is 19.8 Å². The first-order valence-electron chi connectivity index (χ1n) is 13.3. The first-order chi connectivity index (χ1) is 17.7. The third-order valence-corrected chi connectivity index (χ3v) is 7.74. The quantitative estimate of drug-likeness (QED) is 0.406. The van der Waals surface area contributed by atoms with Gasteiger partial charge in [0.15, 0.2) is 5.43 Å². The monoisotopic (exact) mass is 501 g/mol. The lowest BCUT2D eigenvalue weighted by atomic mass is 9.85. The molecule has 0 N–H and O–H groups in total. The number of pyridine rings is 1. The van der Waals surface area contributed by atoms with Crippen LogP contribution in [0.3, 0.4) is 0 Å². The van der Waals surface area contributed by atoms with Crippen LogP contribution in [0.5, 0.6) is 0 Å². The molecule has 0 saturated carbocycles. The minimum Gasteiger partial charge on any atom is -0.462 e. The van der Waals surface area contributed by atoms with Gasteiger partial charge in [0.05, 0.1) is 24.0 Å². The zero-order valence-corrected chi connectivity index (χ0v) is 22.5. The van der Waals surface area contributed by atoms with E-state index in [1.54, 1.807) is 24.8 Å². The Morgan fingerprint density at radius 3 is 2.51 bits per heavy atom. The molecule has 0 amide bonds. The van der Waals surface area contributed by atoms with Gasteiger partial charge >= 0.3 is 5.97 Å². The lowest BCUT2D eigenvalue weighted by Crippen LogP contribution is -2.35. The summed E-state index contributed by atoms with van der Waals surface area (Å²) < 4.78 is 14.7. The maximum absolute atomic E-state index is 12.7. The average molecular weight is 502 g/mol. The molecule has 37 heavy (non-hydrogen) atoms. The zero-order valence-electron chi connectivity index (χ0n) is 22.5. The Morgan fingerprint density at radius 1 is 1.14 bits per heavy atom. The fraction of sp³-hybridized carbons (Fsp3) is 0.452. The first-order valence-corrected chi connectivity index (χ1v) is 13.3. The van der Waals surface area contributed by atoms with Gasteiger partial charge in [-0.2, -0.15) is 0 Å². The summed E-state index contributed by atoms with van der Waals surface area (Å²) in [6.07, 6.45) is 8.61. The van der Waals surface area contributed by atoms with E-state index in [0.29, 0.717) is 0 Å². The third kappa shape index (κ3) is 5.04. The number of aromatic nitrogens is 2. The van der Waals surface area contributed by atoms with Crippen LogP contribution in [0, 0.1) is 24.7 Å². The van der Waals surface area contributed by atoms with E-state index in [-0.39, 0.29) is 29.1 Å². The van der Waals surface area contributed by atoms with Crippen LogP contribution in [0.2, 0.25) is 0 Å². The van der Waals surface area contributed by atoms with E-state index in [9.17, 15) is 9.59 Å². The van der Waals surface area contributed by atoms with E-state index in [1.165, 1.54) is 29.3 Å². The van der Waals surface area contributed by atoms with Crippen LogP contribution in [0.1, 0.15) is 62.5 Å². The van der Waals surface area contributed by atoms with Gasteiger partial charge in [0.25, 0.3) is 0 Å². The molecule has 1 aromatic carbocycles. The Morgan fingerprint density at radius 2 is 1.86 bits per heavy atom. The number of carbonyl (C=O) groups is 1. The lowest BCUT2D eigenvalue weighted by molar-refractivity contribution is 0.0522. The van der Waals surface area contributed by atoms with Gasteiger partial charge in [0.1, 0.15) is 5.56 Å². The molecular weight excluding hydrogens is 464 g/mol. The highest BCUT2D eigenvalue weighted by atomic mass is 16.5. The molecule has 195 valence electrons. The summed E-state index contributed by atoms with van der Waals surface area (Å²) >= 11 is 0. The highest BCUT2D eigenvalue weighted by Crippen LogP contribution is 2.42. The summed E-state index contributed by atoms with van der Waals surface area (Å²) in [5.41, 5.74) is 5.55. The number of esters is 1. The van der Waals surface area contributed by atoms with Gasteiger partial charge in [-0.05, 0) is 55.7 Å². The number of allylic oxidation sites excluding steroid dienone is 2. The minimum absolute atomic E-state index is 0.0616. The van der Waals surface area contributed by atoms with Crippen LogP contribution < -0.4 is 5.43 Å². The molecule has 6 heteroatoms. The van der Waals surface area contributed by atoms with Crippen molar-refractivity contribution in [1.82, 2.24) is 9.13 Å². The predicted molar refractivity (Wildman–Crippen MR) is 147 cm³/mol. The number of fused-ring (bicyclic) bond motifs is 5. The van der Waals surface area contributed by atoms with Crippen molar-refractivity contribution in [3.63, 3.8) is 0 Å². The van der Waals surface area contributed by atoms with E-state index in [0.717, 1.165) is 37.1 Å². The number of hydrogen-bond acceptors (Lipinski definition) is 4. The standard InChI is InChI=1S/C23H26N2O3.C8H11O/c1-6-28-22(27)16-12-25-19(11-20(16)26)18-10-15-14(2)8-7-9-17(15)24(18)13-21(25)23(3,4)5;1-2-7(1)8-3-5-9-6-4-8/h7-12,21H,6,13H2,1-5H3;1-2,8H,3-6H2. The molecule has 3 aromatic rings. The number of benzene rings is 1. The summed E-state index contributed by atoms with van der Waals surface area (Å²) in [4.78, 5) is 25.0. The summed E-state index contributed by atoms with van der Waals surface area (Å²) in [7, 11) is 0.